The van der Waals surface area contributed by atoms with E-state index in [1.807, 2.05) is 55.5 Å². The molecule has 0 saturated heterocycles. The lowest BCUT2D eigenvalue weighted by atomic mass is 10.2. The van der Waals surface area contributed by atoms with Crippen LogP contribution in [0.1, 0.15) is 11.1 Å². The van der Waals surface area contributed by atoms with Crippen molar-refractivity contribution in [2.24, 2.45) is 0 Å². The number of hydrogen-bond acceptors (Lipinski definition) is 4. The molecule has 0 saturated carbocycles. The number of aromatic nitrogens is 2. The van der Waals surface area contributed by atoms with Gasteiger partial charge in [0.05, 0.1) is 7.11 Å². The van der Waals surface area contributed by atoms with Crippen LogP contribution in [0.25, 0.3) is 5.69 Å². The van der Waals surface area contributed by atoms with Crippen LogP contribution in [-0.2, 0) is 6.54 Å². The van der Waals surface area contributed by atoms with E-state index in [9.17, 15) is 4.79 Å². The molecular formula is C19H19N3O2. The second-order valence-electron chi connectivity index (χ2n) is 5.50. The van der Waals surface area contributed by atoms with Crippen LogP contribution in [0.3, 0.4) is 0 Å². The van der Waals surface area contributed by atoms with Crippen molar-refractivity contribution in [3.05, 3.63) is 82.4 Å². The molecule has 5 nitrogen and oxygen atoms in total. The van der Waals surface area contributed by atoms with Gasteiger partial charge >= 0.3 is 0 Å². The predicted molar refractivity (Wildman–Crippen MR) is 94.9 cm³/mol. The molecule has 5 heteroatoms. The van der Waals surface area contributed by atoms with Gasteiger partial charge in [-0.1, -0.05) is 24.3 Å². The highest BCUT2D eigenvalue weighted by Gasteiger charge is 2.06. The monoisotopic (exact) mass is 321 g/mol. The van der Waals surface area contributed by atoms with Crippen LogP contribution < -0.4 is 15.6 Å². The summed E-state index contributed by atoms with van der Waals surface area (Å²) in [5.41, 5.74) is 2.77. The minimum Gasteiger partial charge on any atom is -0.497 e. The summed E-state index contributed by atoms with van der Waals surface area (Å²) in [4.78, 5) is 16.8. The number of ether oxygens (including phenoxy) is 1. The highest BCUT2D eigenvalue weighted by atomic mass is 16.5. The molecule has 122 valence electrons. The predicted octanol–water partition coefficient (Wildman–Crippen LogP) is 3.16. The summed E-state index contributed by atoms with van der Waals surface area (Å²) in [7, 11) is 1.63. The van der Waals surface area contributed by atoms with Gasteiger partial charge in [-0.2, -0.15) is 0 Å². The Morgan fingerprint density at radius 2 is 2.00 bits per heavy atom. The Morgan fingerprint density at radius 1 is 1.17 bits per heavy atom. The average molecular weight is 321 g/mol. The molecule has 0 aliphatic rings. The largest absolute Gasteiger partial charge is 0.497 e. The molecule has 0 aliphatic heterocycles. The zero-order chi connectivity index (χ0) is 16.9. The van der Waals surface area contributed by atoms with Crippen molar-refractivity contribution >= 4 is 5.82 Å². The quantitative estimate of drug-likeness (QED) is 0.784. The fourth-order valence-electron chi connectivity index (χ4n) is 2.48. The maximum atomic E-state index is 12.6. The lowest BCUT2D eigenvalue weighted by Crippen LogP contribution is -2.23. The van der Waals surface area contributed by atoms with Gasteiger partial charge in [0.2, 0.25) is 0 Å². The summed E-state index contributed by atoms with van der Waals surface area (Å²) in [6.45, 7) is 2.49. The van der Waals surface area contributed by atoms with E-state index in [0.717, 1.165) is 22.6 Å². The molecular weight excluding hydrogens is 302 g/mol. The number of nitrogens with zero attached hydrogens (tertiary/aromatic N) is 2. The number of anilines is 1. The first-order chi connectivity index (χ1) is 11.7. The first kappa shape index (κ1) is 15.8. The fourth-order valence-corrected chi connectivity index (χ4v) is 2.48. The zero-order valence-electron chi connectivity index (χ0n) is 13.7. The van der Waals surface area contributed by atoms with Gasteiger partial charge in [0.15, 0.2) is 5.82 Å². The molecule has 0 radical (unpaired) electrons. The summed E-state index contributed by atoms with van der Waals surface area (Å²) < 4.78 is 6.80. The van der Waals surface area contributed by atoms with Crippen LogP contribution >= 0.6 is 0 Å². The SMILES string of the molecule is COc1cccc(CNc2nccn(-c3cccc(C)c3)c2=O)c1. The number of nitrogens with one attached hydrogen (secondary N) is 1. The molecule has 2 aromatic carbocycles. The van der Waals surface area contributed by atoms with Crippen LogP contribution in [0, 0.1) is 6.92 Å². The Morgan fingerprint density at radius 3 is 2.79 bits per heavy atom. The molecule has 3 aromatic rings. The van der Waals surface area contributed by atoms with Gasteiger partial charge in [0, 0.05) is 24.6 Å². The third-order valence-electron chi connectivity index (χ3n) is 3.71. The van der Waals surface area contributed by atoms with Gasteiger partial charge < -0.3 is 10.1 Å². The van der Waals surface area contributed by atoms with Crippen LogP contribution in [0.2, 0.25) is 0 Å². The Kier molecular flexibility index (Phi) is 4.61. The van der Waals surface area contributed by atoms with Gasteiger partial charge in [-0.15, -0.1) is 0 Å². The fraction of sp³-hybridized carbons (Fsp3) is 0.158. The van der Waals surface area contributed by atoms with E-state index >= 15 is 0 Å². The first-order valence-corrected chi connectivity index (χ1v) is 7.69. The number of rotatable bonds is 5. The van der Waals surface area contributed by atoms with Crippen molar-refractivity contribution in [2.75, 3.05) is 12.4 Å². The number of aryl methyl sites for hydroxylation is 1. The van der Waals surface area contributed by atoms with Gasteiger partial charge in [-0.25, -0.2) is 4.98 Å². The van der Waals surface area contributed by atoms with Gasteiger partial charge in [-0.05, 0) is 42.3 Å². The lowest BCUT2D eigenvalue weighted by molar-refractivity contribution is 0.414. The van der Waals surface area contributed by atoms with Gasteiger partial charge in [0.1, 0.15) is 5.75 Å². The molecule has 0 amide bonds. The molecule has 3 rings (SSSR count). The Balaban J connectivity index is 1.84. The third-order valence-corrected chi connectivity index (χ3v) is 3.71. The summed E-state index contributed by atoms with van der Waals surface area (Å²) in [6.07, 6.45) is 3.30. The Bertz CT molecular complexity index is 903. The van der Waals surface area contributed by atoms with E-state index in [-0.39, 0.29) is 5.56 Å². The molecule has 0 unspecified atom stereocenters. The van der Waals surface area contributed by atoms with E-state index in [2.05, 4.69) is 10.3 Å². The van der Waals surface area contributed by atoms with E-state index in [1.54, 1.807) is 24.1 Å². The highest BCUT2D eigenvalue weighted by Crippen LogP contribution is 2.13. The second-order valence-corrected chi connectivity index (χ2v) is 5.50. The van der Waals surface area contributed by atoms with Crippen molar-refractivity contribution in [1.82, 2.24) is 9.55 Å². The Labute approximate surface area is 140 Å². The summed E-state index contributed by atoms with van der Waals surface area (Å²) in [5, 5.41) is 3.11. The van der Waals surface area contributed by atoms with Crippen molar-refractivity contribution < 1.29 is 4.74 Å². The van der Waals surface area contributed by atoms with Crippen molar-refractivity contribution in [2.45, 2.75) is 13.5 Å². The minimum atomic E-state index is -0.175. The molecule has 0 fully saturated rings. The molecule has 0 aliphatic carbocycles. The van der Waals surface area contributed by atoms with Gasteiger partial charge in [0.25, 0.3) is 5.56 Å². The van der Waals surface area contributed by atoms with Crippen LogP contribution in [0.15, 0.2) is 65.7 Å². The maximum absolute atomic E-state index is 12.6. The van der Waals surface area contributed by atoms with Crippen LogP contribution in [0.5, 0.6) is 5.75 Å². The maximum Gasteiger partial charge on any atom is 0.297 e. The van der Waals surface area contributed by atoms with Crippen LogP contribution in [0.4, 0.5) is 5.82 Å². The number of hydrogen-bond donors (Lipinski definition) is 1. The average Bonchev–Trinajstić information content (AvgIpc) is 2.61. The lowest BCUT2D eigenvalue weighted by Gasteiger charge is -2.10. The highest BCUT2D eigenvalue weighted by molar-refractivity contribution is 5.41. The van der Waals surface area contributed by atoms with Crippen molar-refractivity contribution in [3.8, 4) is 11.4 Å². The standard InChI is InChI=1S/C19H19N3O2/c1-14-5-3-7-16(11-14)22-10-9-20-18(19(22)23)21-13-15-6-4-8-17(12-15)24-2/h3-12H,13H2,1-2H3,(H,20,21). The van der Waals surface area contributed by atoms with E-state index in [4.69, 9.17) is 4.74 Å². The van der Waals surface area contributed by atoms with E-state index in [0.29, 0.717) is 12.4 Å². The molecule has 1 N–H and O–H groups in total. The third kappa shape index (κ3) is 3.46. The normalized spacial score (nSPS) is 10.4. The molecule has 0 atom stereocenters. The topological polar surface area (TPSA) is 56.1 Å². The van der Waals surface area contributed by atoms with E-state index in [1.165, 1.54) is 0 Å². The molecule has 0 bridgehead atoms. The van der Waals surface area contributed by atoms with Crippen molar-refractivity contribution in [1.29, 1.82) is 0 Å². The minimum absolute atomic E-state index is 0.175. The van der Waals surface area contributed by atoms with E-state index < -0.39 is 0 Å². The van der Waals surface area contributed by atoms with Crippen molar-refractivity contribution in [3.63, 3.8) is 0 Å². The summed E-state index contributed by atoms with van der Waals surface area (Å²) in [5.74, 6) is 1.11. The Hall–Kier alpha value is -3.08. The first-order valence-electron chi connectivity index (χ1n) is 7.69. The summed E-state index contributed by atoms with van der Waals surface area (Å²) >= 11 is 0. The summed E-state index contributed by atoms with van der Waals surface area (Å²) in [6, 6.07) is 15.5. The molecule has 0 spiro atoms. The number of methoxy groups -OCH3 is 1. The zero-order valence-corrected chi connectivity index (χ0v) is 13.7. The molecule has 1 aromatic heterocycles. The number of benzene rings is 2. The molecule has 24 heavy (non-hydrogen) atoms. The second kappa shape index (κ2) is 7.00. The van der Waals surface area contributed by atoms with Crippen LogP contribution in [-0.4, -0.2) is 16.7 Å². The van der Waals surface area contributed by atoms with Gasteiger partial charge in [-0.3, -0.25) is 9.36 Å². The smallest absolute Gasteiger partial charge is 0.297 e. The molecule has 1 heterocycles.